The summed E-state index contributed by atoms with van der Waals surface area (Å²) in [5.41, 5.74) is 3.87. The zero-order valence-electron chi connectivity index (χ0n) is 14.8. The zero-order chi connectivity index (χ0) is 15.4. The van der Waals surface area contributed by atoms with E-state index in [9.17, 15) is 5.11 Å². The van der Waals surface area contributed by atoms with Crippen molar-refractivity contribution in [3.05, 3.63) is 28.8 Å². The highest BCUT2D eigenvalue weighted by Crippen LogP contribution is 2.34. The van der Waals surface area contributed by atoms with E-state index in [0.29, 0.717) is 11.8 Å². The number of nitrogens with zero attached hydrogens (tertiary/aromatic N) is 1. The van der Waals surface area contributed by atoms with Crippen molar-refractivity contribution in [3.63, 3.8) is 0 Å². The van der Waals surface area contributed by atoms with E-state index in [0.717, 1.165) is 32.1 Å². The summed E-state index contributed by atoms with van der Waals surface area (Å²) in [7, 11) is 0. The normalized spacial score (nSPS) is 16.6. The number of phenolic OH excluding ortho intramolecular Hbond substituents is 1. The van der Waals surface area contributed by atoms with Gasteiger partial charge in [-0.3, -0.25) is 4.90 Å². The first-order valence-electron chi connectivity index (χ1n) is 8.24. The van der Waals surface area contributed by atoms with Crippen LogP contribution in [-0.4, -0.2) is 36.2 Å². The largest absolute Gasteiger partial charge is 0.508 e. The van der Waals surface area contributed by atoms with Crippen LogP contribution >= 0.6 is 24.8 Å². The molecule has 0 amide bonds. The Bertz CT molecular complexity index is 451. The minimum Gasteiger partial charge on any atom is -0.508 e. The van der Waals surface area contributed by atoms with E-state index >= 15 is 0 Å². The van der Waals surface area contributed by atoms with Crippen molar-refractivity contribution in [2.75, 3.05) is 26.2 Å². The fourth-order valence-corrected chi connectivity index (χ4v) is 3.47. The van der Waals surface area contributed by atoms with Crippen molar-refractivity contribution in [1.82, 2.24) is 10.2 Å². The minimum absolute atomic E-state index is 0. The molecule has 0 unspecified atom stereocenters. The van der Waals surface area contributed by atoms with E-state index in [1.165, 1.54) is 29.5 Å². The molecule has 1 aromatic rings. The van der Waals surface area contributed by atoms with Gasteiger partial charge in [0, 0.05) is 32.2 Å². The number of rotatable bonds is 5. The van der Waals surface area contributed by atoms with Gasteiger partial charge in [-0.05, 0) is 61.4 Å². The smallest absolute Gasteiger partial charge is 0.116 e. The van der Waals surface area contributed by atoms with Crippen LogP contribution in [0, 0.1) is 19.8 Å². The highest BCUT2D eigenvalue weighted by Gasteiger charge is 2.25. The lowest BCUT2D eigenvalue weighted by molar-refractivity contribution is 0.159. The van der Waals surface area contributed by atoms with Crippen LogP contribution < -0.4 is 5.32 Å². The molecule has 0 aliphatic carbocycles. The second kappa shape index (κ2) is 10.4. The average Bonchev–Trinajstić information content (AvgIpc) is 2.42. The Balaban J connectivity index is 0.00000242. The maximum absolute atomic E-state index is 9.80. The Labute approximate surface area is 153 Å². The molecule has 1 aliphatic rings. The summed E-state index contributed by atoms with van der Waals surface area (Å²) >= 11 is 0. The number of halogens is 2. The van der Waals surface area contributed by atoms with Crippen LogP contribution in [0.1, 0.15) is 49.4 Å². The van der Waals surface area contributed by atoms with Crippen LogP contribution in [0.2, 0.25) is 0 Å². The lowest BCUT2D eigenvalue weighted by Gasteiger charge is -2.37. The summed E-state index contributed by atoms with van der Waals surface area (Å²) in [6, 6.07) is 4.30. The second-order valence-corrected chi connectivity index (χ2v) is 6.77. The third kappa shape index (κ3) is 6.15. The molecule has 1 heterocycles. The van der Waals surface area contributed by atoms with Crippen molar-refractivity contribution >= 4 is 24.8 Å². The maximum atomic E-state index is 9.80. The predicted octanol–water partition coefficient (Wildman–Crippen LogP) is 4.24. The fraction of sp³-hybridized carbons (Fsp3) is 0.667. The Kier molecular flexibility index (Phi) is 10.2. The molecule has 1 aliphatic heterocycles. The molecule has 5 heteroatoms. The highest BCUT2D eigenvalue weighted by molar-refractivity contribution is 5.85. The van der Waals surface area contributed by atoms with E-state index in [4.69, 9.17) is 0 Å². The number of aryl methyl sites for hydroxylation is 2. The molecule has 1 saturated heterocycles. The van der Waals surface area contributed by atoms with Crippen LogP contribution in [-0.2, 0) is 0 Å². The molecule has 1 fully saturated rings. The van der Waals surface area contributed by atoms with Crippen LogP contribution in [0.25, 0.3) is 0 Å². The van der Waals surface area contributed by atoms with Crippen LogP contribution in [0.3, 0.4) is 0 Å². The number of hydrogen-bond acceptors (Lipinski definition) is 3. The van der Waals surface area contributed by atoms with Gasteiger partial charge in [-0.15, -0.1) is 24.8 Å². The van der Waals surface area contributed by atoms with Gasteiger partial charge in [0.15, 0.2) is 0 Å². The molecule has 0 spiro atoms. The molecule has 0 bridgehead atoms. The second-order valence-electron chi connectivity index (χ2n) is 6.77. The topological polar surface area (TPSA) is 35.5 Å². The number of phenols is 1. The van der Waals surface area contributed by atoms with Gasteiger partial charge in [0.05, 0.1) is 0 Å². The summed E-state index contributed by atoms with van der Waals surface area (Å²) in [6.45, 7) is 13.2. The van der Waals surface area contributed by atoms with E-state index in [2.05, 4.69) is 37.9 Å². The average molecular weight is 363 g/mol. The quantitative estimate of drug-likeness (QED) is 0.822. The Morgan fingerprint density at radius 2 is 1.57 bits per heavy atom. The molecular formula is C18H32Cl2N2O. The summed E-state index contributed by atoms with van der Waals surface area (Å²) in [4.78, 5) is 2.62. The van der Waals surface area contributed by atoms with E-state index in [-0.39, 0.29) is 24.8 Å². The summed E-state index contributed by atoms with van der Waals surface area (Å²) in [5, 5.41) is 13.2. The van der Waals surface area contributed by atoms with Crippen molar-refractivity contribution in [2.24, 2.45) is 5.92 Å². The molecule has 3 nitrogen and oxygen atoms in total. The van der Waals surface area contributed by atoms with Gasteiger partial charge in [0.2, 0.25) is 0 Å². The maximum Gasteiger partial charge on any atom is 0.116 e. The van der Waals surface area contributed by atoms with Gasteiger partial charge >= 0.3 is 0 Å². The van der Waals surface area contributed by atoms with Crippen LogP contribution in [0.4, 0.5) is 0 Å². The Morgan fingerprint density at radius 1 is 1.04 bits per heavy atom. The lowest BCUT2D eigenvalue weighted by atomic mass is 9.89. The van der Waals surface area contributed by atoms with Crippen molar-refractivity contribution in [2.45, 2.75) is 46.6 Å². The molecule has 0 saturated carbocycles. The van der Waals surface area contributed by atoms with Crippen molar-refractivity contribution in [1.29, 1.82) is 0 Å². The van der Waals surface area contributed by atoms with Crippen LogP contribution in [0.15, 0.2) is 12.1 Å². The van der Waals surface area contributed by atoms with Gasteiger partial charge in [-0.25, -0.2) is 0 Å². The summed E-state index contributed by atoms with van der Waals surface area (Å²) in [5.74, 6) is 1.12. The first-order valence-corrected chi connectivity index (χ1v) is 8.24. The molecule has 2 N–H and O–H groups in total. The van der Waals surface area contributed by atoms with Gasteiger partial charge in [0.1, 0.15) is 5.75 Å². The lowest BCUT2D eigenvalue weighted by Crippen LogP contribution is -2.45. The van der Waals surface area contributed by atoms with Crippen molar-refractivity contribution in [3.8, 4) is 5.75 Å². The van der Waals surface area contributed by atoms with E-state index in [1.54, 1.807) is 0 Å². The van der Waals surface area contributed by atoms with Gasteiger partial charge in [-0.2, -0.15) is 0 Å². The minimum atomic E-state index is 0. The standard InChI is InChI=1S/C18H30N2O.2ClH/c1-13(2)5-6-17(20-9-7-19-8-10-20)18-14(3)11-16(21)12-15(18)4;;/h11-13,17,19,21H,5-10H2,1-4H3;2*1H/t17-;;/m0../s1. The highest BCUT2D eigenvalue weighted by atomic mass is 35.5. The molecule has 2 rings (SSSR count). The van der Waals surface area contributed by atoms with E-state index < -0.39 is 0 Å². The molecular weight excluding hydrogens is 331 g/mol. The first kappa shape index (κ1) is 22.5. The number of piperazine rings is 1. The molecule has 1 atom stereocenters. The molecule has 134 valence electrons. The van der Waals surface area contributed by atoms with Crippen molar-refractivity contribution < 1.29 is 5.11 Å². The molecule has 23 heavy (non-hydrogen) atoms. The summed E-state index contributed by atoms with van der Waals surface area (Å²) < 4.78 is 0. The van der Waals surface area contributed by atoms with E-state index in [1.807, 2.05) is 12.1 Å². The Hall–Kier alpha value is -0.480. The SMILES string of the molecule is Cc1cc(O)cc(C)c1[C@H](CCC(C)C)N1CCNCC1.Cl.Cl. The van der Waals surface area contributed by atoms with Gasteiger partial charge in [-0.1, -0.05) is 13.8 Å². The first-order chi connectivity index (χ1) is 9.99. The molecule has 0 aromatic heterocycles. The number of aromatic hydroxyl groups is 1. The predicted molar refractivity (Wildman–Crippen MR) is 103 cm³/mol. The third-order valence-corrected chi connectivity index (χ3v) is 4.52. The molecule has 1 aromatic carbocycles. The zero-order valence-corrected chi connectivity index (χ0v) is 16.4. The fourth-order valence-electron chi connectivity index (χ4n) is 3.47. The number of hydrogen-bond donors (Lipinski definition) is 2. The monoisotopic (exact) mass is 362 g/mol. The summed E-state index contributed by atoms with van der Waals surface area (Å²) in [6.07, 6.45) is 2.44. The number of benzene rings is 1. The molecule has 0 radical (unpaired) electrons. The third-order valence-electron chi connectivity index (χ3n) is 4.52. The Morgan fingerprint density at radius 3 is 2.04 bits per heavy atom. The van der Waals surface area contributed by atoms with Crippen LogP contribution in [0.5, 0.6) is 5.75 Å². The number of nitrogens with one attached hydrogen (secondary N) is 1. The van der Waals surface area contributed by atoms with Gasteiger partial charge < -0.3 is 10.4 Å². The van der Waals surface area contributed by atoms with Gasteiger partial charge in [0.25, 0.3) is 0 Å².